The van der Waals surface area contributed by atoms with E-state index in [2.05, 4.69) is 70.5 Å². The number of hydrogen-bond acceptors (Lipinski definition) is 6. The van der Waals surface area contributed by atoms with Gasteiger partial charge in [-0.15, -0.1) is 0 Å². The molecule has 0 saturated heterocycles. The third-order valence-electron chi connectivity index (χ3n) is 9.29. The van der Waals surface area contributed by atoms with Crippen molar-refractivity contribution in [2.45, 2.75) is 9.79 Å². The first-order valence-electron chi connectivity index (χ1n) is 16.1. The normalized spacial score (nSPS) is 14.5. The molecule has 0 fully saturated rings. The molecule has 0 bridgehead atoms. The maximum absolute atomic E-state index is 15.8. The number of fused-ring (bicyclic) bond motifs is 6. The molecule has 0 unspecified atom stereocenters. The minimum Gasteiger partial charge on any atom is -0.453 e. The highest BCUT2D eigenvalue weighted by atomic mass is 32.2. The Hall–Kier alpha value is -5.68. The minimum atomic E-state index is -3.24. The summed E-state index contributed by atoms with van der Waals surface area (Å²) < 4.78 is 28.4. The maximum Gasteiger partial charge on any atom is 0.173 e. The van der Waals surface area contributed by atoms with Gasteiger partial charge in [0.1, 0.15) is 0 Å². The number of hydrogen-bond donors (Lipinski definition) is 0. The molecule has 3 heterocycles. The zero-order chi connectivity index (χ0) is 32.5. The summed E-state index contributed by atoms with van der Waals surface area (Å²) in [5.41, 5.74) is 5.79. The Labute approximate surface area is 288 Å². The highest BCUT2D eigenvalue weighted by molar-refractivity contribution is 8.02. The van der Waals surface area contributed by atoms with Crippen LogP contribution < -0.4 is 35.2 Å². The van der Waals surface area contributed by atoms with Crippen molar-refractivity contribution < 1.29 is 14.0 Å². The van der Waals surface area contributed by atoms with Crippen molar-refractivity contribution in [1.29, 1.82) is 0 Å². The van der Waals surface area contributed by atoms with Gasteiger partial charge in [-0.2, -0.15) is 0 Å². The summed E-state index contributed by atoms with van der Waals surface area (Å²) in [5, 5.41) is 2.52. The van der Waals surface area contributed by atoms with Crippen molar-refractivity contribution in [2.24, 2.45) is 0 Å². The Morgan fingerprint density at radius 2 is 0.796 bits per heavy atom. The molecule has 7 heteroatoms. The second-order valence-electron chi connectivity index (χ2n) is 12.1. The van der Waals surface area contributed by atoms with Crippen LogP contribution in [0, 0.1) is 0 Å². The van der Waals surface area contributed by atoms with Crippen LogP contribution in [0.3, 0.4) is 0 Å². The summed E-state index contributed by atoms with van der Waals surface area (Å²) in [6.07, 6.45) is 0. The van der Waals surface area contributed by atoms with Gasteiger partial charge in [-0.3, -0.25) is 0 Å². The van der Waals surface area contributed by atoms with Crippen LogP contribution >= 0.6 is 18.9 Å². The van der Waals surface area contributed by atoms with Gasteiger partial charge in [0.15, 0.2) is 30.1 Å². The van der Waals surface area contributed by atoms with Gasteiger partial charge < -0.3 is 23.8 Å². The fourth-order valence-corrected chi connectivity index (χ4v) is 11.8. The third kappa shape index (κ3) is 4.31. The van der Waals surface area contributed by atoms with Crippen molar-refractivity contribution in [3.05, 3.63) is 164 Å². The molecule has 0 spiro atoms. The van der Waals surface area contributed by atoms with E-state index in [1.54, 1.807) is 11.8 Å². The average Bonchev–Trinajstić information content (AvgIpc) is 3.16. The first kappa shape index (κ1) is 28.3. The second-order valence-corrected chi connectivity index (χ2v) is 15.9. The fraction of sp³-hybridized carbons (Fsp3) is 0. The van der Waals surface area contributed by atoms with E-state index in [4.69, 9.17) is 9.47 Å². The van der Waals surface area contributed by atoms with Crippen molar-refractivity contribution in [2.75, 3.05) is 9.80 Å². The molecule has 5 nitrogen and oxygen atoms in total. The van der Waals surface area contributed by atoms with Gasteiger partial charge in [0.25, 0.3) is 0 Å². The van der Waals surface area contributed by atoms with E-state index in [1.807, 2.05) is 103 Å². The molecule has 234 valence electrons. The number of rotatable bonds is 3. The van der Waals surface area contributed by atoms with E-state index in [1.165, 1.54) is 0 Å². The lowest BCUT2D eigenvalue weighted by molar-refractivity contribution is 0.476. The van der Waals surface area contributed by atoms with E-state index >= 15 is 4.57 Å². The van der Waals surface area contributed by atoms with Gasteiger partial charge in [-0.1, -0.05) is 90.6 Å². The van der Waals surface area contributed by atoms with Crippen LogP contribution in [0.25, 0.3) is 0 Å². The summed E-state index contributed by atoms with van der Waals surface area (Å²) in [5.74, 6) is 3.18. The molecule has 3 aliphatic heterocycles. The maximum atomic E-state index is 15.8. The largest absolute Gasteiger partial charge is 0.453 e. The topological polar surface area (TPSA) is 42.0 Å². The Kier molecular flexibility index (Phi) is 6.32. The summed E-state index contributed by atoms with van der Waals surface area (Å²) in [7, 11) is -3.24. The lowest BCUT2D eigenvalue weighted by atomic mass is 10.1. The van der Waals surface area contributed by atoms with Gasteiger partial charge >= 0.3 is 0 Å². The van der Waals surface area contributed by atoms with Crippen LogP contribution in [0.5, 0.6) is 23.0 Å². The molecule has 0 atom stereocenters. The molecule has 0 N–H and O–H groups in total. The first-order valence-corrected chi connectivity index (χ1v) is 18.6. The molecule has 10 rings (SSSR count). The third-order valence-corrected chi connectivity index (χ3v) is 13.9. The predicted molar refractivity (Wildman–Crippen MR) is 199 cm³/mol. The van der Waals surface area contributed by atoms with Crippen molar-refractivity contribution in [3.8, 4) is 23.0 Å². The fourth-order valence-electron chi connectivity index (χ4n) is 7.10. The Morgan fingerprint density at radius 3 is 1.20 bits per heavy atom. The second kappa shape index (κ2) is 10.9. The van der Waals surface area contributed by atoms with Gasteiger partial charge in [0, 0.05) is 37.1 Å². The predicted octanol–water partition coefficient (Wildman–Crippen LogP) is 10.9. The Balaban J connectivity index is 1.16. The van der Waals surface area contributed by atoms with Crippen LogP contribution in [-0.4, -0.2) is 0 Å². The molecule has 0 aromatic heterocycles. The molecule has 7 aromatic carbocycles. The summed E-state index contributed by atoms with van der Waals surface area (Å²) in [6, 6.07) is 54.9. The average molecular weight is 671 g/mol. The number of nitrogens with zero attached hydrogens (tertiary/aromatic N) is 2. The molecule has 0 radical (unpaired) electrons. The van der Waals surface area contributed by atoms with Crippen LogP contribution in [0.4, 0.5) is 34.1 Å². The van der Waals surface area contributed by atoms with E-state index in [-0.39, 0.29) is 0 Å². The summed E-state index contributed by atoms with van der Waals surface area (Å²) >= 11 is 1.67. The van der Waals surface area contributed by atoms with Gasteiger partial charge in [-0.25, -0.2) is 0 Å². The van der Waals surface area contributed by atoms with E-state index in [9.17, 15) is 0 Å². The molecule has 7 aromatic rings. The molecular weight excluding hydrogens is 644 g/mol. The number of anilines is 6. The quantitative estimate of drug-likeness (QED) is 0.174. The van der Waals surface area contributed by atoms with E-state index in [0.717, 1.165) is 82.8 Å². The molecular formula is C42H27N2O3PS. The van der Waals surface area contributed by atoms with Crippen LogP contribution in [0.1, 0.15) is 0 Å². The molecule has 0 amide bonds. The highest BCUT2D eigenvalue weighted by Gasteiger charge is 2.39. The van der Waals surface area contributed by atoms with Crippen LogP contribution in [0.15, 0.2) is 174 Å². The van der Waals surface area contributed by atoms with Gasteiger partial charge in [-0.05, 0) is 84.9 Å². The molecule has 0 saturated carbocycles. The minimum absolute atomic E-state index is 0.794. The van der Waals surface area contributed by atoms with E-state index in [0.29, 0.717) is 0 Å². The van der Waals surface area contributed by atoms with Crippen molar-refractivity contribution in [3.63, 3.8) is 0 Å². The molecule has 0 aliphatic carbocycles. The van der Waals surface area contributed by atoms with Gasteiger partial charge in [0.05, 0.1) is 22.7 Å². The lowest BCUT2D eigenvalue weighted by Gasteiger charge is -2.35. The van der Waals surface area contributed by atoms with Crippen molar-refractivity contribution in [1.82, 2.24) is 0 Å². The summed E-state index contributed by atoms with van der Waals surface area (Å²) in [6.45, 7) is 0. The van der Waals surface area contributed by atoms with Crippen LogP contribution in [0.2, 0.25) is 0 Å². The Bertz CT molecular complexity index is 2260. The number of benzene rings is 7. The van der Waals surface area contributed by atoms with E-state index < -0.39 is 7.14 Å². The zero-order valence-electron chi connectivity index (χ0n) is 26.1. The number of ether oxygens (including phenoxy) is 2. The lowest BCUT2D eigenvalue weighted by Crippen LogP contribution is -2.31. The first-order chi connectivity index (χ1) is 24.2. The standard InChI is InChI=1S/C42H27N2O3PS/c45-48(30-12-2-1-3-13-30)39-24-22-28(43-31-14-4-8-18-35(31)46-36-19-9-5-15-32(36)43)26-41(39)49-42-27-29(23-25-40(42)48)44-33-16-6-10-20-37(33)47-38-21-11-7-17-34(38)44/h1-27H. The number of para-hydroxylation sites is 8. The molecule has 49 heavy (non-hydrogen) atoms. The summed E-state index contributed by atoms with van der Waals surface area (Å²) in [4.78, 5) is 6.41. The highest BCUT2D eigenvalue weighted by Crippen LogP contribution is 2.57. The van der Waals surface area contributed by atoms with Crippen molar-refractivity contribution >= 4 is 68.9 Å². The monoisotopic (exact) mass is 670 g/mol. The van der Waals surface area contributed by atoms with Gasteiger partial charge in [0.2, 0.25) is 0 Å². The Morgan fingerprint density at radius 1 is 0.429 bits per heavy atom. The molecule has 3 aliphatic rings. The van der Waals surface area contributed by atoms with Crippen LogP contribution in [-0.2, 0) is 4.57 Å². The SMILES string of the molecule is O=P1(c2ccccc2)c2ccc(N3c4ccccc4Oc4ccccc43)cc2Sc2cc(N3c4ccccc4Oc4ccccc43)ccc21. The smallest absolute Gasteiger partial charge is 0.173 e. The zero-order valence-corrected chi connectivity index (χ0v) is 27.8.